The zero-order valence-electron chi connectivity index (χ0n) is 13.8. The molecule has 2 aromatic rings. The highest BCUT2D eigenvalue weighted by atomic mass is 79.9. The van der Waals surface area contributed by atoms with Gasteiger partial charge in [0.25, 0.3) is 0 Å². The molecule has 0 spiro atoms. The zero-order chi connectivity index (χ0) is 16.5. The second-order valence-corrected chi connectivity index (χ2v) is 7.34. The molecule has 1 fully saturated rings. The Balaban J connectivity index is 1.78. The van der Waals surface area contributed by atoms with Crippen LogP contribution in [0, 0.1) is 5.92 Å². The summed E-state index contributed by atoms with van der Waals surface area (Å²) in [6.07, 6.45) is 2.42. The Bertz CT molecular complexity index is 733. The van der Waals surface area contributed by atoms with Gasteiger partial charge in [0.15, 0.2) is 0 Å². The number of ether oxygens (including phenoxy) is 2. The number of halogens is 1. The summed E-state index contributed by atoms with van der Waals surface area (Å²) >= 11 is 3.60. The third-order valence-corrected chi connectivity index (χ3v) is 5.47. The summed E-state index contributed by atoms with van der Waals surface area (Å²) in [4.78, 5) is 0. The van der Waals surface area contributed by atoms with E-state index < -0.39 is 0 Å². The minimum atomic E-state index is 0.146. The molecule has 0 bridgehead atoms. The number of para-hydroxylation sites is 1. The minimum absolute atomic E-state index is 0.146. The highest BCUT2D eigenvalue weighted by Gasteiger charge is 2.40. The molecule has 0 aliphatic carbocycles. The van der Waals surface area contributed by atoms with Crippen molar-refractivity contribution in [3.05, 3.63) is 58.1 Å². The van der Waals surface area contributed by atoms with Crippen LogP contribution in [-0.2, 0) is 4.74 Å². The molecule has 0 amide bonds. The molecule has 2 aliphatic heterocycles. The molecule has 2 aliphatic rings. The topological polar surface area (TPSA) is 30.5 Å². The van der Waals surface area contributed by atoms with Crippen molar-refractivity contribution in [2.45, 2.75) is 31.9 Å². The van der Waals surface area contributed by atoms with E-state index in [2.05, 4.69) is 57.6 Å². The van der Waals surface area contributed by atoms with Crippen LogP contribution in [0.1, 0.15) is 43.0 Å². The Morgan fingerprint density at radius 2 is 2.08 bits per heavy atom. The van der Waals surface area contributed by atoms with E-state index >= 15 is 0 Å². The van der Waals surface area contributed by atoms with Crippen molar-refractivity contribution >= 4 is 21.6 Å². The van der Waals surface area contributed by atoms with Gasteiger partial charge in [-0.05, 0) is 44.0 Å². The van der Waals surface area contributed by atoms with Crippen molar-refractivity contribution in [3.8, 4) is 5.75 Å². The molecule has 4 rings (SSSR count). The van der Waals surface area contributed by atoms with Crippen LogP contribution in [0.25, 0.3) is 0 Å². The normalized spacial score (nSPS) is 25.3. The third-order valence-electron chi connectivity index (χ3n) is 4.98. The summed E-state index contributed by atoms with van der Waals surface area (Å²) in [5, 5.41) is 3.76. The van der Waals surface area contributed by atoms with Gasteiger partial charge < -0.3 is 14.8 Å². The predicted octanol–water partition coefficient (Wildman–Crippen LogP) is 5.48. The van der Waals surface area contributed by atoms with Crippen molar-refractivity contribution in [1.29, 1.82) is 0 Å². The molecule has 1 saturated heterocycles. The zero-order valence-corrected chi connectivity index (χ0v) is 15.4. The number of benzene rings is 2. The van der Waals surface area contributed by atoms with Crippen molar-refractivity contribution < 1.29 is 9.47 Å². The Morgan fingerprint density at radius 1 is 1.21 bits per heavy atom. The first-order chi connectivity index (χ1) is 11.8. The molecule has 126 valence electrons. The van der Waals surface area contributed by atoms with E-state index in [4.69, 9.17) is 9.47 Å². The Hall–Kier alpha value is -1.52. The third kappa shape index (κ3) is 2.82. The van der Waals surface area contributed by atoms with Gasteiger partial charge in [0.1, 0.15) is 5.75 Å². The van der Waals surface area contributed by atoms with Gasteiger partial charge >= 0.3 is 0 Å². The Labute approximate surface area is 151 Å². The van der Waals surface area contributed by atoms with Crippen LogP contribution >= 0.6 is 15.9 Å². The summed E-state index contributed by atoms with van der Waals surface area (Å²) in [5.41, 5.74) is 3.66. The van der Waals surface area contributed by atoms with E-state index in [0.29, 0.717) is 12.5 Å². The van der Waals surface area contributed by atoms with Crippen LogP contribution < -0.4 is 10.1 Å². The second kappa shape index (κ2) is 6.77. The molecule has 0 unspecified atom stereocenters. The molecule has 24 heavy (non-hydrogen) atoms. The molecular formula is C20H22BrNO2. The predicted molar refractivity (Wildman–Crippen MR) is 99.5 cm³/mol. The van der Waals surface area contributed by atoms with Gasteiger partial charge in [-0.25, -0.2) is 0 Å². The average molecular weight is 388 g/mol. The van der Waals surface area contributed by atoms with Crippen molar-refractivity contribution in [2.75, 3.05) is 18.5 Å². The first kappa shape index (κ1) is 16.0. The molecule has 4 heteroatoms. The maximum atomic E-state index is 6.21. The standard InChI is InChI=1S/C20H22BrNO2/c1-2-23-18-8-4-3-6-14(18)19-15-7-5-11-24-20(15)16-12-13(21)9-10-17(16)22-19/h3-4,6,8-10,12,15,19-20,22H,2,5,7,11H2,1H3/t15-,19-,20-/m0/s1. The Morgan fingerprint density at radius 3 is 2.96 bits per heavy atom. The van der Waals surface area contributed by atoms with Gasteiger partial charge in [0.05, 0.1) is 18.8 Å². The van der Waals surface area contributed by atoms with Gasteiger partial charge in [0.2, 0.25) is 0 Å². The highest BCUT2D eigenvalue weighted by Crippen LogP contribution is 2.50. The van der Waals surface area contributed by atoms with Crippen LogP contribution in [0.5, 0.6) is 5.75 Å². The van der Waals surface area contributed by atoms with Crippen molar-refractivity contribution in [3.63, 3.8) is 0 Å². The number of nitrogens with one attached hydrogen (secondary N) is 1. The Kier molecular flexibility index (Phi) is 4.51. The van der Waals surface area contributed by atoms with Crippen molar-refractivity contribution in [1.82, 2.24) is 0 Å². The van der Waals surface area contributed by atoms with Gasteiger partial charge in [-0.15, -0.1) is 0 Å². The maximum absolute atomic E-state index is 6.21. The maximum Gasteiger partial charge on any atom is 0.124 e. The SMILES string of the molecule is CCOc1ccccc1[C@@H]1Nc2ccc(Br)cc2[C@H]2OCCC[C@H]21. The van der Waals surface area contributed by atoms with Gasteiger partial charge in [-0.1, -0.05) is 34.1 Å². The summed E-state index contributed by atoms with van der Waals surface area (Å²) in [6.45, 7) is 3.55. The summed E-state index contributed by atoms with van der Waals surface area (Å²) in [6, 6.07) is 15.0. The van der Waals surface area contributed by atoms with Crippen LogP contribution in [0.3, 0.4) is 0 Å². The van der Waals surface area contributed by atoms with Crippen LogP contribution in [-0.4, -0.2) is 13.2 Å². The summed E-state index contributed by atoms with van der Waals surface area (Å²) < 4.78 is 13.2. The van der Waals surface area contributed by atoms with Gasteiger partial charge in [-0.2, -0.15) is 0 Å². The number of hydrogen-bond donors (Lipinski definition) is 1. The first-order valence-corrected chi connectivity index (χ1v) is 9.46. The lowest BCUT2D eigenvalue weighted by molar-refractivity contribution is -0.0383. The molecule has 0 aromatic heterocycles. The smallest absolute Gasteiger partial charge is 0.124 e. The fourth-order valence-electron chi connectivity index (χ4n) is 3.97. The number of hydrogen-bond acceptors (Lipinski definition) is 3. The number of anilines is 1. The highest BCUT2D eigenvalue weighted by molar-refractivity contribution is 9.10. The van der Waals surface area contributed by atoms with Gasteiger partial charge in [-0.3, -0.25) is 0 Å². The second-order valence-electron chi connectivity index (χ2n) is 6.42. The van der Waals surface area contributed by atoms with Gasteiger partial charge in [0, 0.05) is 33.8 Å². The van der Waals surface area contributed by atoms with Crippen LogP contribution in [0.15, 0.2) is 46.9 Å². The molecule has 0 saturated carbocycles. The lowest BCUT2D eigenvalue weighted by atomic mass is 9.77. The summed E-state index contributed by atoms with van der Waals surface area (Å²) in [5.74, 6) is 1.39. The van der Waals surface area contributed by atoms with E-state index in [0.717, 1.165) is 35.4 Å². The lowest BCUT2D eigenvalue weighted by Gasteiger charge is -2.43. The molecule has 3 nitrogen and oxygen atoms in total. The fourth-order valence-corrected chi connectivity index (χ4v) is 4.35. The first-order valence-electron chi connectivity index (χ1n) is 8.67. The van der Waals surface area contributed by atoms with E-state index in [1.165, 1.54) is 11.1 Å². The lowest BCUT2D eigenvalue weighted by Crippen LogP contribution is -2.36. The molecular weight excluding hydrogens is 366 g/mol. The van der Waals surface area contributed by atoms with E-state index in [1.807, 2.05) is 13.0 Å². The molecule has 2 heterocycles. The number of fused-ring (bicyclic) bond motifs is 3. The molecule has 3 atom stereocenters. The fraction of sp³-hybridized carbons (Fsp3) is 0.400. The van der Waals surface area contributed by atoms with Crippen LogP contribution in [0.4, 0.5) is 5.69 Å². The van der Waals surface area contributed by atoms with E-state index in [-0.39, 0.29) is 12.1 Å². The monoisotopic (exact) mass is 387 g/mol. The van der Waals surface area contributed by atoms with E-state index in [9.17, 15) is 0 Å². The molecule has 2 aromatic carbocycles. The van der Waals surface area contributed by atoms with Crippen LogP contribution in [0.2, 0.25) is 0 Å². The summed E-state index contributed by atoms with van der Waals surface area (Å²) in [7, 11) is 0. The van der Waals surface area contributed by atoms with Crippen molar-refractivity contribution in [2.24, 2.45) is 5.92 Å². The quantitative estimate of drug-likeness (QED) is 0.755. The largest absolute Gasteiger partial charge is 0.494 e. The number of rotatable bonds is 3. The minimum Gasteiger partial charge on any atom is -0.494 e. The van der Waals surface area contributed by atoms with E-state index in [1.54, 1.807) is 0 Å². The average Bonchev–Trinajstić information content (AvgIpc) is 2.62. The molecule has 1 N–H and O–H groups in total. The molecule has 0 radical (unpaired) electrons.